The summed E-state index contributed by atoms with van der Waals surface area (Å²) in [5.74, 6) is 0.456. The number of phenols is 1. The smallest absolute Gasteiger partial charge is 0.251 e. The quantitative estimate of drug-likeness (QED) is 0.185. The number of amides is 2. The van der Waals surface area contributed by atoms with Crippen LogP contribution in [0.15, 0.2) is 115 Å². The molecular formula is C36H29N3O5. The van der Waals surface area contributed by atoms with Gasteiger partial charge in [0.05, 0.1) is 6.61 Å². The lowest BCUT2D eigenvalue weighted by atomic mass is 9.77. The predicted octanol–water partition coefficient (Wildman–Crippen LogP) is 5.88. The first-order chi connectivity index (χ1) is 21.4. The van der Waals surface area contributed by atoms with Gasteiger partial charge in [-0.05, 0) is 65.2 Å². The molecule has 7 rings (SSSR count). The molecule has 8 heteroatoms. The first kappa shape index (κ1) is 27.2. The number of nitrogens with one attached hydrogen (secondary N) is 2. The molecule has 0 saturated carbocycles. The summed E-state index contributed by atoms with van der Waals surface area (Å²) in [5, 5.41) is 15.6. The maximum atomic E-state index is 13.7. The highest BCUT2D eigenvalue weighted by molar-refractivity contribution is 6.01. The van der Waals surface area contributed by atoms with Crippen molar-refractivity contribution in [1.82, 2.24) is 5.32 Å². The summed E-state index contributed by atoms with van der Waals surface area (Å²) in [5.41, 5.74) is 11.3. The summed E-state index contributed by atoms with van der Waals surface area (Å²) in [6, 6.07) is 33.5. The van der Waals surface area contributed by atoms with Crippen LogP contribution in [-0.4, -0.2) is 23.0 Å². The molecule has 1 unspecified atom stereocenters. The number of anilines is 2. The van der Waals surface area contributed by atoms with Gasteiger partial charge in [0.1, 0.15) is 23.3 Å². The fourth-order valence-corrected chi connectivity index (χ4v) is 5.99. The molecule has 5 aromatic rings. The molecule has 2 heterocycles. The maximum absolute atomic E-state index is 13.7. The number of nitrogen functional groups attached to an aromatic ring is 1. The molecule has 0 bridgehead atoms. The molecule has 2 aliphatic rings. The van der Waals surface area contributed by atoms with Crippen LogP contribution < -0.4 is 21.1 Å². The molecule has 2 amide bonds. The van der Waals surface area contributed by atoms with E-state index in [0.29, 0.717) is 35.0 Å². The Kier molecular flexibility index (Phi) is 6.75. The molecule has 5 N–H and O–H groups in total. The fraction of sp³-hybridized carbons (Fsp3) is 0.111. The van der Waals surface area contributed by atoms with E-state index in [2.05, 4.69) is 22.8 Å². The molecule has 5 aromatic carbocycles. The van der Waals surface area contributed by atoms with E-state index in [1.54, 1.807) is 60.7 Å². The summed E-state index contributed by atoms with van der Waals surface area (Å²) < 4.78 is 13.0. The zero-order valence-corrected chi connectivity index (χ0v) is 23.6. The Morgan fingerprint density at radius 3 is 2.32 bits per heavy atom. The average Bonchev–Trinajstić information content (AvgIpc) is 3.41. The van der Waals surface area contributed by atoms with Crippen LogP contribution in [0.5, 0.6) is 17.2 Å². The van der Waals surface area contributed by atoms with Gasteiger partial charge < -0.3 is 30.9 Å². The van der Waals surface area contributed by atoms with Gasteiger partial charge >= 0.3 is 0 Å². The average molecular weight is 584 g/mol. The van der Waals surface area contributed by atoms with E-state index in [0.717, 1.165) is 27.8 Å². The van der Waals surface area contributed by atoms with Crippen molar-refractivity contribution in [2.75, 3.05) is 11.1 Å². The van der Waals surface area contributed by atoms with Gasteiger partial charge in [0.2, 0.25) is 5.91 Å². The lowest BCUT2D eigenvalue weighted by Gasteiger charge is -2.37. The monoisotopic (exact) mass is 583 g/mol. The summed E-state index contributed by atoms with van der Waals surface area (Å²) in [7, 11) is 0. The normalized spacial score (nSPS) is 16.6. The Morgan fingerprint density at radius 1 is 0.818 bits per heavy atom. The Balaban J connectivity index is 1.21. The van der Waals surface area contributed by atoms with E-state index in [4.69, 9.17) is 15.2 Å². The third-order valence-corrected chi connectivity index (χ3v) is 8.11. The Hall–Kier alpha value is -5.60. The summed E-state index contributed by atoms with van der Waals surface area (Å²) >= 11 is 0. The van der Waals surface area contributed by atoms with E-state index in [1.807, 2.05) is 42.5 Å². The molecule has 0 fully saturated rings. The number of fused-ring (bicyclic) bond motifs is 6. The standard InChI is InChI=1S/C36H29N3O5/c37-25-12-16-29-32(19-25)44-33-20-26(13-17-30(33)36(29)28-9-5-4-8-24(28)21-43-36)38-35(42)31(18-22-10-14-27(40)15-11-22)39-34(41)23-6-2-1-3-7-23/h1-17,19-20,31,40H,18,21,37H2,(H,38,42)(H,39,41)/t31-,36?/m0/s1. The van der Waals surface area contributed by atoms with Crippen molar-refractivity contribution in [2.45, 2.75) is 24.7 Å². The van der Waals surface area contributed by atoms with Crippen LogP contribution in [0.1, 0.15) is 38.2 Å². The highest BCUT2D eigenvalue weighted by Gasteiger charge is 2.49. The van der Waals surface area contributed by atoms with Crippen molar-refractivity contribution < 1.29 is 24.2 Å². The van der Waals surface area contributed by atoms with E-state index in [9.17, 15) is 14.7 Å². The number of ether oxygens (including phenoxy) is 2. The molecule has 44 heavy (non-hydrogen) atoms. The van der Waals surface area contributed by atoms with Gasteiger partial charge in [0.15, 0.2) is 5.60 Å². The SMILES string of the molecule is Nc1ccc2c(c1)Oc1cc(NC(=O)[C@H](Cc3ccc(O)cc3)NC(=O)c3ccccc3)ccc1C21OCc2ccccc21. The van der Waals surface area contributed by atoms with Crippen LogP contribution in [0.2, 0.25) is 0 Å². The Bertz CT molecular complexity index is 1890. The second kappa shape index (κ2) is 10.9. The largest absolute Gasteiger partial charge is 0.508 e. The van der Waals surface area contributed by atoms with Gasteiger partial charge in [-0.3, -0.25) is 9.59 Å². The molecule has 1 spiro atoms. The van der Waals surface area contributed by atoms with E-state index >= 15 is 0 Å². The number of phenolic OH excluding ortho intramolecular Hbond substituents is 1. The maximum Gasteiger partial charge on any atom is 0.251 e. The highest BCUT2D eigenvalue weighted by Crippen LogP contribution is 2.56. The Labute approximate surface area is 254 Å². The van der Waals surface area contributed by atoms with Crippen LogP contribution in [-0.2, 0) is 28.2 Å². The fourth-order valence-electron chi connectivity index (χ4n) is 5.99. The van der Waals surface area contributed by atoms with Crippen molar-refractivity contribution in [3.05, 3.63) is 149 Å². The second-order valence-corrected chi connectivity index (χ2v) is 10.9. The lowest BCUT2D eigenvalue weighted by Crippen LogP contribution is -2.45. The summed E-state index contributed by atoms with van der Waals surface area (Å²) in [6.45, 7) is 0.442. The molecular weight excluding hydrogens is 554 g/mol. The number of benzene rings is 5. The van der Waals surface area contributed by atoms with Crippen LogP contribution in [0, 0.1) is 0 Å². The molecule has 2 atom stereocenters. The van der Waals surface area contributed by atoms with Crippen LogP contribution >= 0.6 is 0 Å². The van der Waals surface area contributed by atoms with Crippen LogP contribution in [0.25, 0.3) is 0 Å². The predicted molar refractivity (Wildman–Crippen MR) is 167 cm³/mol. The number of rotatable bonds is 6. The topological polar surface area (TPSA) is 123 Å². The third-order valence-electron chi connectivity index (χ3n) is 8.11. The summed E-state index contributed by atoms with van der Waals surface area (Å²) in [4.78, 5) is 26.8. The number of hydrogen-bond donors (Lipinski definition) is 4. The van der Waals surface area contributed by atoms with Gasteiger partial charge in [-0.1, -0.05) is 54.6 Å². The molecule has 218 valence electrons. The molecule has 0 aromatic heterocycles. The second-order valence-electron chi connectivity index (χ2n) is 10.9. The molecule has 0 aliphatic carbocycles. The third kappa shape index (κ3) is 4.81. The van der Waals surface area contributed by atoms with Gasteiger partial charge in [-0.15, -0.1) is 0 Å². The zero-order valence-electron chi connectivity index (χ0n) is 23.6. The number of carbonyl (C=O) groups excluding carboxylic acids is 2. The van der Waals surface area contributed by atoms with Gasteiger partial charge in [0, 0.05) is 46.6 Å². The van der Waals surface area contributed by atoms with Gasteiger partial charge in [0.25, 0.3) is 5.91 Å². The Morgan fingerprint density at radius 2 is 1.52 bits per heavy atom. The van der Waals surface area contributed by atoms with Gasteiger partial charge in [-0.25, -0.2) is 0 Å². The molecule has 0 radical (unpaired) electrons. The number of nitrogens with two attached hydrogens (primary N) is 1. The molecule has 8 nitrogen and oxygen atoms in total. The minimum Gasteiger partial charge on any atom is -0.508 e. The summed E-state index contributed by atoms with van der Waals surface area (Å²) in [6.07, 6.45) is 0.215. The van der Waals surface area contributed by atoms with E-state index in [-0.39, 0.29) is 18.1 Å². The number of carbonyl (C=O) groups is 2. The van der Waals surface area contributed by atoms with Crippen molar-refractivity contribution in [2.24, 2.45) is 0 Å². The number of hydrogen-bond acceptors (Lipinski definition) is 6. The zero-order chi connectivity index (χ0) is 30.3. The first-order valence-electron chi connectivity index (χ1n) is 14.3. The van der Waals surface area contributed by atoms with Crippen molar-refractivity contribution in [3.63, 3.8) is 0 Å². The van der Waals surface area contributed by atoms with E-state index in [1.165, 1.54) is 0 Å². The molecule has 2 aliphatic heterocycles. The van der Waals surface area contributed by atoms with Crippen molar-refractivity contribution in [1.29, 1.82) is 0 Å². The first-order valence-corrected chi connectivity index (χ1v) is 14.3. The van der Waals surface area contributed by atoms with Gasteiger partial charge in [-0.2, -0.15) is 0 Å². The van der Waals surface area contributed by atoms with Crippen LogP contribution in [0.3, 0.4) is 0 Å². The minimum atomic E-state index is -0.902. The lowest BCUT2D eigenvalue weighted by molar-refractivity contribution is -0.118. The minimum absolute atomic E-state index is 0.118. The molecule has 0 saturated heterocycles. The highest BCUT2D eigenvalue weighted by atomic mass is 16.5. The van der Waals surface area contributed by atoms with Crippen LogP contribution in [0.4, 0.5) is 11.4 Å². The van der Waals surface area contributed by atoms with E-state index < -0.39 is 17.6 Å². The van der Waals surface area contributed by atoms with Crippen molar-refractivity contribution >= 4 is 23.2 Å². The van der Waals surface area contributed by atoms with Crippen molar-refractivity contribution in [3.8, 4) is 17.2 Å². The number of aromatic hydroxyl groups is 1.